The number of fused-ring (bicyclic) bond motifs is 12. The van der Waals surface area contributed by atoms with Crippen LogP contribution in [0.2, 0.25) is 0 Å². The van der Waals surface area contributed by atoms with E-state index in [4.69, 9.17) is 0 Å². The number of aromatic nitrogens is 1. The lowest BCUT2D eigenvalue weighted by atomic mass is 9.43. The minimum atomic E-state index is 0.0741. The van der Waals surface area contributed by atoms with Crippen LogP contribution >= 0.6 is 0 Å². The minimum absolute atomic E-state index is 0.0741. The molecule has 0 N–H and O–H groups in total. The van der Waals surface area contributed by atoms with E-state index in [1.165, 1.54) is 114 Å². The summed E-state index contributed by atoms with van der Waals surface area (Å²) >= 11 is 0. The molecule has 4 saturated carbocycles. The summed E-state index contributed by atoms with van der Waals surface area (Å²) in [5.41, 5.74) is 12.9. The van der Waals surface area contributed by atoms with Crippen molar-refractivity contribution < 1.29 is 0 Å². The normalized spacial score (nSPS) is 23.9. The SMILES string of the molecule is c1ccc2c(c1)-c1ccc3c4ccc5ccccc5c4n(-c4ccc(-c5cc6ccccc6c6ccccc56)cc4)c3c1C21C2CC3CC(C2)CC1C3. The Balaban J connectivity index is 1.12. The molecule has 0 unspecified atom stereocenters. The fourth-order valence-corrected chi connectivity index (χ4v) is 12.8. The van der Waals surface area contributed by atoms with Gasteiger partial charge in [0.2, 0.25) is 0 Å². The average molecular weight is 678 g/mol. The number of hydrogen-bond acceptors (Lipinski definition) is 0. The van der Waals surface area contributed by atoms with Crippen LogP contribution in [0.1, 0.15) is 43.2 Å². The van der Waals surface area contributed by atoms with Gasteiger partial charge in [-0.1, -0.05) is 133 Å². The predicted molar refractivity (Wildman–Crippen MR) is 222 cm³/mol. The molecule has 9 aromatic rings. The van der Waals surface area contributed by atoms with Gasteiger partial charge in [0.15, 0.2) is 0 Å². The van der Waals surface area contributed by atoms with Gasteiger partial charge in [-0.05, 0) is 134 Å². The maximum Gasteiger partial charge on any atom is 0.0619 e. The Labute approximate surface area is 309 Å². The zero-order valence-corrected chi connectivity index (χ0v) is 29.7. The molecule has 252 valence electrons. The van der Waals surface area contributed by atoms with Gasteiger partial charge in [0.05, 0.1) is 11.0 Å². The Hall–Kier alpha value is -5.66. The highest BCUT2D eigenvalue weighted by molar-refractivity contribution is 6.21. The molecule has 8 aromatic carbocycles. The quantitative estimate of drug-likeness (QED) is 0.161. The van der Waals surface area contributed by atoms with E-state index in [-0.39, 0.29) is 5.41 Å². The third kappa shape index (κ3) is 3.63. The Morgan fingerprint density at radius 3 is 1.83 bits per heavy atom. The number of hydrogen-bond donors (Lipinski definition) is 0. The molecule has 4 bridgehead atoms. The summed E-state index contributed by atoms with van der Waals surface area (Å²) in [6.45, 7) is 0. The third-order valence-corrected chi connectivity index (χ3v) is 14.5. The highest BCUT2D eigenvalue weighted by Crippen LogP contribution is 2.70. The van der Waals surface area contributed by atoms with Crippen molar-refractivity contribution in [3.05, 3.63) is 163 Å². The first kappa shape index (κ1) is 28.9. The summed E-state index contributed by atoms with van der Waals surface area (Å²) < 4.78 is 2.70. The van der Waals surface area contributed by atoms with E-state index in [0.717, 1.165) is 11.8 Å². The summed E-state index contributed by atoms with van der Waals surface area (Å²) in [6.07, 6.45) is 7.00. The lowest BCUT2D eigenvalue weighted by molar-refractivity contribution is -0.0394. The lowest BCUT2D eigenvalue weighted by Crippen LogP contribution is -2.55. The van der Waals surface area contributed by atoms with Crippen LogP contribution in [0, 0.1) is 23.7 Å². The predicted octanol–water partition coefficient (Wildman–Crippen LogP) is 13.6. The van der Waals surface area contributed by atoms with Gasteiger partial charge in [0, 0.05) is 27.3 Å². The van der Waals surface area contributed by atoms with Gasteiger partial charge in [-0.25, -0.2) is 0 Å². The van der Waals surface area contributed by atoms with E-state index < -0.39 is 0 Å². The molecule has 5 aliphatic rings. The molecule has 53 heavy (non-hydrogen) atoms. The van der Waals surface area contributed by atoms with Gasteiger partial charge in [0.25, 0.3) is 0 Å². The highest BCUT2D eigenvalue weighted by atomic mass is 15.0. The molecule has 4 fully saturated rings. The Morgan fingerprint density at radius 2 is 1.04 bits per heavy atom. The van der Waals surface area contributed by atoms with E-state index in [9.17, 15) is 0 Å². The van der Waals surface area contributed by atoms with Crippen LogP contribution in [0.25, 0.3) is 82.1 Å². The van der Waals surface area contributed by atoms with Gasteiger partial charge < -0.3 is 4.57 Å². The molecule has 5 aliphatic carbocycles. The van der Waals surface area contributed by atoms with Crippen molar-refractivity contribution >= 4 is 54.1 Å². The van der Waals surface area contributed by atoms with E-state index in [0.29, 0.717) is 11.8 Å². The highest BCUT2D eigenvalue weighted by Gasteiger charge is 2.62. The smallest absolute Gasteiger partial charge is 0.0619 e. The standard InChI is InChI=1S/C52H39N/c1-4-12-40-33(9-1)19-22-45-46-24-23-44-43-15-7-8-16-48(43)52(36-26-31-25-32(28-36)29-37(52)27-31)49(44)51(46)53(50(40)45)38-20-17-34(18-21-38)47-30-35-10-2-3-11-39(35)41-13-5-6-14-42(41)47/h1-24,30-32,36-37H,25-29H2. The molecule has 1 heteroatoms. The molecule has 0 atom stereocenters. The molecule has 14 rings (SSSR count). The molecular weight excluding hydrogens is 639 g/mol. The fourth-order valence-electron chi connectivity index (χ4n) is 12.8. The first-order valence-corrected chi connectivity index (χ1v) is 19.9. The largest absolute Gasteiger partial charge is 0.308 e. The van der Waals surface area contributed by atoms with E-state index in [2.05, 4.69) is 156 Å². The van der Waals surface area contributed by atoms with Gasteiger partial charge in [-0.3, -0.25) is 0 Å². The summed E-state index contributed by atoms with van der Waals surface area (Å²) in [7, 11) is 0. The number of rotatable bonds is 2. The molecule has 0 radical (unpaired) electrons. The Morgan fingerprint density at radius 1 is 0.415 bits per heavy atom. The summed E-state index contributed by atoms with van der Waals surface area (Å²) in [5, 5.41) is 10.6. The second-order valence-corrected chi connectivity index (χ2v) is 16.9. The van der Waals surface area contributed by atoms with Crippen LogP contribution in [0.4, 0.5) is 0 Å². The molecular formula is C52H39N. The third-order valence-electron chi connectivity index (χ3n) is 14.5. The molecule has 1 nitrogen and oxygen atoms in total. The summed E-state index contributed by atoms with van der Waals surface area (Å²) in [4.78, 5) is 0. The first-order chi connectivity index (χ1) is 26.3. The van der Waals surface area contributed by atoms with E-state index in [1.54, 1.807) is 11.1 Å². The molecule has 1 aromatic heterocycles. The molecule has 0 amide bonds. The second kappa shape index (κ2) is 10.3. The van der Waals surface area contributed by atoms with Gasteiger partial charge >= 0.3 is 0 Å². The zero-order valence-electron chi connectivity index (χ0n) is 29.7. The van der Waals surface area contributed by atoms with E-state index in [1.807, 2.05) is 0 Å². The van der Waals surface area contributed by atoms with Crippen molar-refractivity contribution in [1.29, 1.82) is 0 Å². The fraction of sp³-hybridized carbons (Fsp3) is 0.192. The van der Waals surface area contributed by atoms with Crippen molar-refractivity contribution in [3.8, 4) is 27.9 Å². The Bertz CT molecular complexity index is 2980. The van der Waals surface area contributed by atoms with Crippen molar-refractivity contribution in [2.75, 3.05) is 0 Å². The second-order valence-electron chi connectivity index (χ2n) is 16.9. The molecule has 1 spiro atoms. The van der Waals surface area contributed by atoms with Gasteiger partial charge in [0.1, 0.15) is 0 Å². The van der Waals surface area contributed by atoms with Crippen LogP contribution in [-0.2, 0) is 5.41 Å². The van der Waals surface area contributed by atoms with Gasteiger partial charge in [-0.2, -0.15) is 0 Å². The van der Waals surface area contributed by atoms with Crippen LogP contribution in [0.3, 0.4) is 0 Å². The summed E-state index contributed by atoms with van der Waals surface area (Å²) in [5.74, 6) is 3.23. The van der Waals surface area contributed by atoms with Crippen molar-refractivity contribution in [3.63, 3.8) is 0 Å². The maximum absolute atomic E-state index is 2.70. The van der Waals surface area contributed by atoms with Crippen LogP contribution in [-0.4, -0.2) is 4.57 Å². The van der Waals surface area contributed by atoms with Crippen molar-refractivity contribution in [2.24, 2.45) is 23.7 Å². The zero-order chi connectivity index (χ0) is 34.4. The number of nitrogens with zero attached hydrogens (tertiary/aromatic N) is 1. The lowest BCUT2D eigenvalue weighted by Gasteiger charge is -2.61. The number of benzene rings is 8. The molecule has 0 saturated heterocycles. The monoisotopic (exact) mass is 677 g/mol. The first-order valence-electron chi connectivity index (χ1n) is 19.9. The summed E-state index contributed by atoms with van der Waals surface area (Å²) in [6, 6.07) is 58.0. The van der Waals surface area contributed by atoms with Crippen LogP contribution in [0.5, 0.6) is 0 Å². The molecule has 0 aliphatic heterocycles. The topological polar surface area (TPSA) is 4.93 Å². The van der Waals surface area contributed by atoms with Crippen molar-refractivity contribution in [2.45, 2.75) is 37.5 Å². The van der Waals surface area contributed by atoms with Gasteiger partial charge in [-0.15, -0.1) is 0 Å². The maximum atomic E-state index is 2.70. The van der Waals surface area contributed by atoms with Crippen molar-refractivity contribution in [1.82, 2.24) is 4.57 Å². The van der Waals surface area contributed by atoms with Crippen LogP contribution in [0.15, 0.2) is 152 Å². The van der Waals surface area contributed by atoms with E-state index >= 15 is 0 Å². The molecule has 1 heterocycles. The Kier molecular flexibility index (Phi) is 5.59. The van der Waals surface area contributed by atoms with Crippen LogP contribution < -0.4 is 0 Å². The average Bonchev–Trinajstić information content (AvgIpc) is 3.71. The minimum Gasteiger partial charge on any atom is -0.308 e.